The van der Waals surface area contributed by atoms with Crippen LogP contribution in [0.15, 0.2) is 53.3 Å². The molecule has 8 nitrogen and oxygen atoms in total. The van der Waals surface area contributed by atoms with Gasteiger partial charge in [-0.05, 0) is 50.1 Å². The molecule has 1 saturated heterocycles. The van der Waals surface area contributed by atoms with Crippen LogP contribution in [0.1, 0.15) is 49.9 Å². The van der Waals surface area contributed by atoms with Crippen molar-refractivity contribution in [3.05, 3.63) is 81.0 Å². The standard InChI is InChI=1S/C24H29ClN4O4/c1-15(2)32-20-12-18(11-19(25)13-20)16(3)33-23-22(17-7-5-4-6-8-17)29(9-10-31-23)14-21-26-24(30)28-27-21/h4-8,11-13,15-16,22-23H,9-10,14H2,1-3H3,(H2,26,27,28,30). The second-order valence-electron chi connectivity index (χ2n) is 8.35. The highest BCUT2D eigenvalue weighted by Crippen LogP contribution is 2.35. The van der Waals surface area contributed by atoms with E-state index in [1.54, 1.807) is 6.07 Å². The molecular weight excluding hydrogens is 444 g/mol. The van der Waals surface area contributed by atoms with Crippen LogP contribution in [0.5, 0.6) is 5.75 Å². The Morgan fingerprint density at radius 2 is 2.00 bits per heavy atom. The molecule has 2 N–H and O–H groups in total. The van der Waals surface area contributed by atoms with Crippen LogP contribution in [-0.4, -0.2) is 45.6 Å². The van der Waals surface area contributed by atoms with Gasteiger partial charge in [-0.3, -0.25) is 9.88 Å². The summed E-state index contributed by atoms with van der Waals surface area (Å²) in [5.74, 6) is 1.27. The van der Waals surface area contributed by atoms with Crippen molar-refractivity contribution >= 4 is 11.6 Å². The Bertz CT molecular complexity index is 1100. The Morgan fingerprint density at radius 3 is 2.70 bits per heavy atom. The van der Waals surface area contributed by atoms with Gasteiger partial charge in [0.1, 0.15) is 11.6 Å². The molecule has 2 aromatic carbocycles. The van der Waals surface area contributed by atoms with Crippen molar-refractivity contribution < 1.29 is 14.2 Å². The highest BCUT2D eigenvalue weighted by atomic mass is 35.5. The van der Waals surface area contributed by atoms with Crippen molar-refractivity contribution in [2.45, 2.75) is 51.9 Å². The predicted octanol–water partition coefficient (Wildman–Crippen LogP) is 4.22. The summed E-state index contributed by atoms with van der Waals surface area (Å²) in [7, 11) is 0. The molecule has 2 heterocycles. The minimum absolute atomic E-state index is 0.0405. The lowest BCUT2D eigenvalue weighted by molar-refractivity contribution is -0.231. The van der Waals surface area contributed by atoms with E-state index in [2.05, 4.69) is 32.2 Å². The van der Waals surface area contributed by atoms with Crippen LogP contribution in [0.25, 0.3) is 0 Å². The second-order valence-corrected chi connectivity index (χ2v) is 8.79. The first-order valence-corrected chi connectivity index (χ1v) is 11.4. The molecule has 176 valence electrons. The summed E-state index contributed by atoms with van der Waals surface area (Å²) in [6, 6.07) is 15.5. The van der Waals surface area contributed by atoms with Crippen molar-refractivity contribution in [3.8, 4) is 5.75 Å². The van der Waals surface area contributed by atoms with Gasteiger partial charge in [0.25, 0.3) is 0 Å². The van der Waals surface area contributed by atoms with E-state index in [9.17, 15) is 4.79 Å². The Balaban J connectivity index is 1.58. The Kier molecular flexibility index (Phi) is 7.49. The zero-order valence-corrected chi connectivity index (χ0v) is 19.7. The zero-order chi connectivity index (χ0) is 23.4. The fraction of sp³-hybridized carbons (Fsp3) is 0.417. The molecule has 0 radical (unpaired) electrons. The zero-order valence-electron chi connectivity index (χ0n) is 19.0. The normalized spacial score (nSPS) is 20.2. The maximum atomic E-state index is 11.5. The summed E-state index contributed by atoms with van der Waals surface area (Å²) >= 11 is 6.35. The molecule has 0 bridgehead atoms. The number of rotatable bonds is 8. The third kappa shape index (κ3) is 6.03. The summed E-state index contributed by atoms with van der Waals surface area (Å²) < 4.78 is 18.4. The summed E-state index contributed by atoms with van der Waals surface area (Å²) in [6.45, 7) is 7.54. The smallest absolute Gasteiger partial charge is 0.340 e. The van der Waals surface area contributed by atoms with E-state index >= 15 is 0 Å². The fourth-order valence-electron chi connectivity index (χ4n) is 4.01. The Labute approximate surface area is 197 Å². The van der Waals surface area contributed by atoms with Crippen LogP contribution in [0, 0.1) is 0 Å². The maximum Gasteiger partial charge on any atom is 0.340 e. The number of aromatic nitrogens is 3. The van der Waals surface area contributed by atoms with Gasteiger partial charge in [0.2, 0.25) is 0 Å². The quantitative estimate of drug-likeness (QED) is 0.510. The van der Waals surface area contributed by atoms with E-state index in [1.165, 1.54) is 0 Å². The molecule has 1 fully saturated rings. The van der Waals surface area contributed by atoms with E-state index in [-0.39, 0.29) is 23.9 Å². The first-order chi connectivity index (χ1) is 15.9. The van der Waals surface area contributed by atoms with Gasteiger partial charge in [-0.25, -0.2) is 9.89 Å². The molecule has 0 saturated carbocycles. The molecule has 1 aromatic heterocycles. The molecule has 1 aliphatic heterocycles. The molecule has 0 aliphatic carbocycles. The molecule has 3 unspecified atom stereocenters. The van der Waals surface area contributed by atoms with E-state index in [0.717, 1.165) is 11.1 Å². The van der Waals surface area contributed by atoms with E-state index in [1.807, 2.05) is 51.1 Å². The molecule has 0 amide bonds. The minimum atomic E-state index is -0.532. The topological polar surface area (TPSA) is 92.5 Å². The molecule has 3 atom stereocenters. The Hall–Kier alpha value is -2.65. The lowest BCUT2D eigenvalue weighted by Crippen LogP contribution is -2.46. The molecule has 0 spiro atoms. The number of halogens is 1. The van der Waals surface area contributed by atoms with Gasteiger partial charge in [-0.1, -0.05) is 41.9 Å². The van der Waals surface area contributed by atoms with Crippen LogP contribution in [0.2, 0.25) is 5.02 Å². The number of benzene rings is 2. The van der Waals surface area contributed by atoms with E-state index in [4.69, 9.17) is 25.8 Å². The van der Waals surface area contributed by atoms with Crippen LogP contribution in [-0.2, 0) is 16.0 Å². The summed E-state index contributed by atoms with van der Waals surface area (Å²) in [6.07, 6.45) is -0.784. The second kappa shape index (κ2) is 10.5. The lowest BCUT2D eigenvalue weighted by atomic mass is 10.0. The van der Waals surface area contributed by atoms with Crippen molar-refractivity contribution in [2.75, 3.05) is 13.2 Å². The van der Waals surface area contributed by atoms with Crippen molar-refractivity contribution in [2.24, 2.45) is 0 Å². The fourth-order valence-corrected chi connectivity index (χ4v) is 4.24. The van der Waals surface area contributed by atoms with Crippen molar-refractivity contribution in [3.63, 3.8) is 0 Å². The lowest BCUT2D eigenvalue weighted by Gasteiger charge is -2.41. The van der Waals surface area contributed by atoms with Crippen LogP contribution < -0.4 is 10.4 Å². The molecule has 1 aliphatic rings. The number of hydrogen-bond donors (Lipinski definition) is 2. The average molecular weight is 473 g/mol. The summed E-state index contributed by atoms with van der Waals surface area (Å²) in [5, 5.41) is 7.09. The largest absolute Gasteiger partial charge is 0.491 e. The maximum absolute atomic E-state index is 11.5. The molecule has 33 heavy (non-hydrogen) atoms. The van der Waals surface area contributed by atoms with E-state index < -0.39 is 6.29 Å². The predicted molar refractivity (Wildman–Crippen MR) is 125 cm³/mol. The highest BCUT2D eigenvalue weighted by molar-refractivity contribution is 6.30. The van der Waals surface area contributed by atoms with Crippen molar-refractivity contribution in [1.29, 1.82) is 0 Å². The number of hydrogen-bond acceptors (Lipinski definition) is 6. The number of aromatic amines is 2. The van der Waals surface area contributed by atoms with Gasteiger partial charge in [-0.2, -0.15) is 5.10 Å². The summed E-state index contributed by atoms with van der Waals surface area (Å²) in [5.41, 5.74) is 1.64. The van der Waals surface area contributed by atoms with Crippen molar-refractivity contribution in [1.82, 2.24) is 20.1 Å². The monoisotopic (exact) mass is 472 g/mol. The third-order valence-corrected chi connectivity index (χ3v) is 5.65. The van der Waals surface area contributed by atoms with Crippen LogP contribution >= 0.6 is 11.6 Å². The molecular formula is C24H29ClN4O4. The van der Waals surface area contributed by atoms with E-state index in [0.29, 0.717) is 36.3 Å². The molecule has 9 heteroatoms. The number of ether oxygens (including phenoxy) is 3. The number of nitrogens with zero attached hydrogens (tertiary/aromatic N) is 2. The van der Waals surface area contributed by atoms with Gasteiger partial charge in [0.15, 0.2) is 6.29 Å². The third-order valence-electron chi connectivity index (χ3n) is 5.43. The minimum Gasteiger partial charge on any atom is -0.491 e. The van der Waals surface area contributed by atoms with Gasteiger partial charge in [-0.15, -0.1) is 0 Å². The van der Waals surface area contributed by atoms with Crippen LogP contribution in [0.3, 0.4) is 0 Å². The van der Waals surface area contributed by atoms with Gasteiger partial charge < -0.3 is 14.2 Å². The SMILES string of the molecule is CC(C)Oc1cc(Cl)cc(C(C)OC2OCCN(Cc3n[nH]c(=O)[nH]3)C2c2ccccc2)c1. The van der Waals surface area contributed by atoms with Gasteiger partial charge in [0, 0.05) is 11.6 Å². The average Bonchev–Trinajstić information content (AvgIpc) is 3.18. The van der Waals surface area contributed by atoms with Crippen LogP contribution in [0.4, 0.5) is 0 Å². The first kappa shape index (κ1) is 23.5. The molecule has 4 rings (SSSR count). The number of nitrogens with one attached hydrogen (secondary N) is 2. The number of morpholine rings is 1. The summed E-state index contributed by atoms with van der Waals surface area (Å²) in [4.78, 5) is 16.4. The Morgan fingerprint density at radius 1 is 1.21 bits per heavy atom. The van der Waals surface area contributed by atoms with Gasteiger partial charge >= 0.3 is 5.69 Å². The first-order valence-electron chi connectivity index (χ1n) is 11.1. The van der Waals surface area contributed by atoms with Gasteiger partial charge in [0.05, 0.1) is 31.4 Å². The molecule has 3 aromatic rings. The highest BCUT2D eigenvalue weighted by Gasteiger charge is 2.36. The number of H-pyrrole nitrogens is 2.